The Hall–Kier alpha value is -2.62. The molecular formula is C18H26N3O6+. The third kappa shape index (κ3) is 4.76. The summed E-state index contributed by atoms with van der Waals surface area (Å²) in [4.78, 5) is 28.6. The molecule has 9 nitrogen and oxygen atoms in total. The summed E-state index contributed by atoms with van der Waals surface area (Å²) in [5.74, 6) is -0.313. The van der Waals surface area contributed by atoms with Crippen molar-refractivity contribution in [1.82, 2.24) is 4.98 Å². The Balaban J connectivity index is 2.28. The van der Waals surface area contributed by atoms with Gasteiger partial charge in [-0.1, -0.05) is 6.07 Å². The number of likely N-dealkylation sites (N-methyl/N-ethyl adjacent to an activating group) is 1. The Morgan fingerprint density at radius 3 is 2.48 bits per heavy atom. The minimum Gasteiger partial charge on any atom is -0.496 e. The number of hydrogen-bond donors (Lipinski definition) is 3. The number of benzene rings is 1. The number of fused-ring (bicyclic) bond motifs is 1. The van der Waals surface area contributed by atoms with Gasteiger partial charge in [0.05, 0.1) is 37.9 Å². The topological polar surface area (TPSA) is 103 Å². The lowest BCUT2D eigenvalue weighted by molar-refractivity contribution is -0.877. The van der Waals surface area contributed by atoms with Crippen molar-refractivity contribution in [2.75, 3.05) is 53.9 Å². The number of ether oxygens (including phenoxy) is 4. The zero-order valence-corrected chi connectivity index (χ0v) is 16.2. The molecule has 9 heteroatoms. The van der Waals surface area contributed by atoms with E-state index in [0.717, 1.165) is 4.90 Å². The van der Waals surface area contributed by atoms with Crippen LogP contribution >= 0.6 is 0 Å². The number of quaternary nitrogens is 1. The number of aromatic amines is 1. The van der Waals surface area contributed by atoms with E-state index in [1.807, 2.05) is 7.05 Å². The molecule has 2 rings (SSSR count). The van der Waals surface area contributed by atoms with Gasteiger partial charge in [-0.15, -0.1) is 0 Å². The van der Waals surface area contributed by atoms with E-state index < -0.39 is 12.3 Å². The van der Waals surface area contributed by atoms with E-state index in [2.05, 4.69) is 10.3 Å². The molecule has 0 aliphatic rings. The molecule has 1 amide bonds. The number of hydrogen-bond acceptors (Lipinski definition) is 6. The van der Waals surface area contributed by atoms with Crippen molar-refractivity contribution in [2.45, 2.75) is 6.29 Å². The van der Waals surface area contributed by atoms with Crippen LogP contribution in [0.3, 0.4) is 0 Å². The number of aromatic nitrogens is 1. The van der Waals surface area contributed by atoms with Crippen LogP contribution in [0.5, 0.6) is 5.75 Å². The molecule has 0 spiro atoms. The van der Waals surface area contributed by atoms with Crippen LogP contribution < -0.4 is 15.0 Å². The van der Waals surface area contributed by atoms with Crippen LogP contribution in [0.25, 0.3) is 10.9 Å². The van der Waals surface area contributed by atoms with Gasteiger partial charge in [0.25, 0.3) is 5.91 Å². The van der Waals surface area contributed by atoms with Crippen molar-refractivity contribution in [2.24, 2.45) is 0 Å². The van der Waals surface area contributed by atoms with E-state index in [1.165, 1.54) is 14.2 Å². The largest absolute Gasteiger partial charge is 0.496 e. The minimum absolute atomic E-state index is 0.158. The Bertz CT molecular complexity index is 800. The molecule has 0 radical (unpaired) electrons. The van der Waals surface area contributed by atoms with Crippen LogP contribution in [-0.2, 0) is 19.0 Å². The Morgan fingerprint density at radius 2 is 1.89 bits per heavy atom. The number of esters is 1. The quantitative estimate of drug-likeness (QED) is 0.419. The molecule has 2 aromatic rings. The third-order valence-electron chi connectivity index (χ3n) is 4.16. The Kier molecular flexibility index (Phi) is 7.17. The first kappa shape index (κ1) is 20.7. The monoisotopic (exact) mass is 380 g/mol. The van der Waals surface area contributed by atoms with E-state index >= 15 is 0 Å². The molecule has 1 atom stereocenters. The number of carbonyl (C=O) groups is 2. The first-order valence-corrected chi connectivity index (χ1v) is 8.38. The van der Waals surface area contributed by atoms with Gasteiger partial charge < -0.3 is 34.1 Å². The van der Waals surface area contributed by atoms with Gasteiger partial charge in [-0.2, -0.15) is 0 Å². The van der Waals surface area contributed by atoms with Crippen molar-refractivity contribution in [3.05, 3.63) is 23.9 Å². The SMILES string of the molecule is COC(=O)c1[nH]c2cccc(OC)c2c1NC(=O)C[NH+](C)CC(OC)OC. The average molecular weight is 380 g/mol. The Morgan fingerprint density at radius 1 is 1.19 bits per heavy atom. The van der Waals surface area contributed by atoms with E-state index in [1.54, 1.807) is 32.4 Å². The molecule has 0 aliphatic heterocycles. The van der Waals surface area contributed by atoms with Gasteiger partial charge in [0.2, 0.25) is 6.29 Å². The Labute approximate surface area is 157 Å². The predicted molar refractivity (Wildman–Crippen MR) is 99.2 cm³/mol. The fraction of sp³-hybridized carbons (Fsp3) is 0.444. The number of rotatable bonds is 9. The summed E-state index contributed by atoms with van der Waals surface area (Å²) in [5, 5.41) is 3.42. The van der Waals surface area contributed by atoms with Crippen molar-refractivity contribution < 1.29 is 33.4 Å². The second-order valence-electron chi connectivity index (χ2n) is 6.04. The molecule has 1 aromatic heterocycles. The van der Waals surface area contributed by atoms with Gasteiger partial charge in [0.15, 0.2) is 6.54 Å². The molecule has 1 unspecified atom stereocenters. The maximum atomic E-state index is 12.6. The van der Waals surface area contributed by atoms with Crippen LogP contribution in [0.2, 0.25) is 0 Å². The minimum atomic E-state index is -0.580. The van der Waals surface area contributed by atoms with Crippen molar-refractivity contribution in [1.29, 1.82) is 0 Å². The fourth-order valence-electron chi connectivity index (χ4n) is 2.84. The lowest BCUT2D eigenvalue weighted by Gasteiger charge is -2.19. The summed E-state index contributed by atoms with van der Waals surface area (Å²) >= 11 is 0. The molecule has 0 fully saturated rings. The first-order valence-electron chi connectivity index (χ1n) is 8.38. The van der Waals surface area contributed by atoms with Gasteiger partial charge in [-0.3, -0.25) is 4.79 Å². The average Bonchev–Trinajstić information content (AvgIpc) is 3.03. The van der Waals surface area contributed by atoms with E-state index in [0.29, 0.717) is 28.9 Å². The number of amides is 1. The van der Waals surface area contributed by atoms with Gasteiger partial charge in [0, 0.05) is 14.2 Å². The van der Waals surface area contributed by atoms with Crippen LogP contribution in [0.4, 0.5) is 5.69 Å². The standard InChI is InChI=1S/C18H25N3O6/c1-21(10-14(25-3)26-4)9-13(22)20-16-15-11(7-6-8-12(15)24-2)19-17(16)18(23)27-5/h6-8,14,19H,9-10H2,1-5H3,(H,20,22)/p+1. The number of anilines is 1. The van der Waals surface area contributed by atoms with Crippen LogP contribution in [0.1, 0.15) is 10.5 Å². The number of carbonyl (C=O) groups excluding carboxylic acids is 2. The molecule has 27 heavy (non-hydrogen) atoms. The highest BCUT2D eigenvalue weighted by atomic mass is 16.7. The normalized spacial score (nSPS) is 12.2. The second-order valence-corrected chi connectivity index (χ2v) is 6.04. The third-order valence-corrected chi connectivity index (χ3v) is 4.16. The van der Waals surface area contributed by atoms with Crippen molar-refractivity contribution >= 4 is 28.5 Å². The summed E-state index contributed by atoms with van der Waals surface area (Å²) in [6, 6.07) is 5.34. The van der Waals surface area contributed by atoms with Crippen LogP contribution in [-0.4, -0.2) is 71.7 Å². The summed E-state index contributed by atoms with van der Waals surface area (Å²) in [6.45, 7) is 0.646. The van der Waals surface area contributed by atoms with E-state index in [9.17, 15) is 9.59 Å². The van der Waals surface area contributed by atoms with Crippen LogP contribution in [0.15, 0.2) is 18.2 Å². The molecular weight excluding hydrogens is 354 g/mol. The lowest BCUT2D eigenvalue weighted by Crippen LogP contribution is -3.11. The molecule has 148 valence electrons. The fourth-order valence-corrected chi connectivity index (χ4v) is 2.84. The number of nitrogens with one attached hydrogen (secondary N) is 3. The highest BCUT2D eigenvalue weighted by Gasteiger charge is 2.24. The summed E-state index contributed by atoms with van der Waals surface area (Å²) in [7, 11) is 7.75. The number of H-pyrrole nitrogens is 1. The summed E-state index contributed by atoms with van der Waals surface area (Å²) in [6.07, 6.45) is -0.406. The van der Waals surface area contributed by atoms with Gasteiger partial charge >= 0.3 is 5.97 Å². The molecule has 0 saturated heterocycles. The molecule has 0 aliphatic carbocycles. The molecule has 0 bridgehead atoms. The van der Waals surface area contributed by atoms with Crippen molar-refractivity contribution in [3.8, 4) is 5.75 Å². The van der Waals surface area contributed by atoms with Gasteiger partial charge in [-0.25, -0.2) is 4.79 Å². The zero-order valence-electron chi connectivity index (χ0n) is 16.2. The first-order chi connectivity index (χ1) is 12.9. The predicted octanol–water partition coefficient (Wildman–Crippen LogP) is 0.0352. The molecule has 3 N–H and O–H groups in total. The number of methoxy groups -OCH3 is 4. The molecule has 0 saturated carbocycles. The van der Waals surface area contributed by atoms with Crippen molar-refractivity contribution in [3.63, 3.8) is 0 Å². The molecule has 1 aromatic carbocycles. The highest BCUT2D eigenvalue weighted by molar-refractivity contribution is 6.13. The maximum absolute atomic E-state index is 12.6. The lowest BCUT2D eigenvalue weighted by atomic mass is 10.2. The maximum Gasteiger partial charge on any atom is 0.356 e. The summed E-state index contributed by atoms with van der Waals surface area (Å²) in [5.41, 5.74) is 1.15. The molecule has 1 heterocycles. The smallest absolute Gasteiger partial charge is 0.356 e. The second kappa shape index (κ2) is 9.36. The summed E-state index contributed by atoms with van der Waals surface area (Å²) < 4.78 is 20.5. The highest BCUT2D eigenvalue weighted by Crippen LogP contribution is 2.35. The van der Waals surface area contributed by atoms with E-state index in [-0.39, 0.29) is 18.1 Å². The zero-order chi connectivity index (χ0) is 20.0. The van der Waals surface area contributed by atoms with Gasteiger partial charge in [-0.05, 0) is 12.1 Å². The van der Waals surface area contributed by atoms with E-state index in [4.69, 9.17) is 18.9 Å². The van der Waals surface area contributed by atoms with Crippen LogP contribution in [0, 0.1) is 0 Å². The van der Waals surface area contributed by atoms with Gasteiger partial charge in [0.1, 0.15) is 18.0 Å².